The van der Waals surface area contributed by atoms with E-state index >= 15 is 0 Å². The molecule has 4 aromatic rings. The number of aromatic amines is 1. The number of alkyl halides is 3. The number of methoxy groups -OCH3 is 1. The summed E-state index contributed by atoms with van der Waals surface area (Å²) in [7, 11) is 1.20. The molecule has 0 saturated carbocycles. The summed E-state index contributed by atoms with van der Waals surface area (Å²) in [5.41, 5.74) is -3.29. The molecular weight excluding hydrogens is 444 g/mol. The molecule has 33 heavy (non-hydrogen) atoms. The summed E-state index contributed by atoms with van der Waals surface area (Å²) >= 11 is 0. The van der Waals surface area contributed by atoms with Gasteiger partial charge in [-0.1, -0.05) is 36.4 Å². The summed E-state index contributed by atoms with van der Waals surface area (Å²) < 4.78 is 60.7. The zero-order chi connectivity index (χ0) is 23.9. The van der Waals surface area contributed by atoms with Crippen molar-refractivity contribution in [1.82, 2.24) is 14.6 Å². The quantitative estimate of drug-likeness (QED) is 0.442. The number of carbonyl (C=O) groups is 1. The summed E-state index contributed by atoms with van der Waals surface area (Å²) in [4.78, 5) is 30.1. The minimum atomic E-state index is -4.82. The molecule has 2 aromatic heterocycles. The van der Waals surface area contributed by atoms with Crippen LogP contribution in [0.4, 0.5) is 23.2 Å². The fourth-order valence-electron chi connectivity index (χ4n) is 3.52. The van der Waals surface area contributed by atoms with E-state index in [-0.39, 0.29) is 33.9 Å². The molecule has 0 unspecified atom stereocenters. The Bertz CT molecular complexity index is 1430. The highest BCUT2D eigenvalue weighted by Crippen LogP contribution is 2.38. The van der Waals surface area contributed by atoms with Gasteiger partial charge in [0.1, 0.15) is 11.3 Å². The lowest BCUT2D eigenvalue weighted by Crippen LogP contribution is -2.29. The third-order valence-corrected chi connectivity index (χ3v) is 4.95. The van der Waals surface area contributed by atoms with Gasteiger partial charge in [0.05, 0.1) is 24.1 Å². The van der Waals surface area contributed by atoms with E-state index in [1.165, 1.54) is 38.3 Å². The first-order chi connectivity index (χ1) is 15.6. The molecule has 2 heterocycles. The minimum absolute atomic E-state index is 0.0566. The first-order valence-corrected chi connectivity index (χ1v) is 9.55. The number of fused-ring (bicyclic) bond motifs is 1. The van der Waals surface area contributed by atoms with Crippen molar-refractivity contribution in [3.63, 3.8) is 0 Å². The van der Waals surface area contributed by atoms with Gasteiger partial charge in [-0.25, -0.2) is 9.37 Å². The first-order valence-electron chi connectivity index (χ1n) is 9.55. The molecule has 0 aliphatic carbocycles. The smallest absolute Gasteiger partial charge is 0.433 e. The Morgan fingerprint density at radius 1 is 1.12 bits per heavy atom. The van der Waals surface area contributed by atoms with Crippen molar-refractivity contribution in [1.29, 1.82) is 0 Å². The van der Waals surface area contributed by atoms with Crippen LogP contribution in [0.25, 0.3) is 16.8 Å². The van der Waals surface area contributed by atoms with E-state index in [0.717, 1.165) is 6.07 Å². The van der Waals surface area contributed by atoms with E-state index in [9.17, 15) is 27.2 Å². The van der Waals surface area contributed by atoms with Gasteiger partial charge < -0.3 is 10.1 Å². The Morgan fingerprint density at radius 3 is 2.45 bits per heavy atom. The number of benzene rings is 2. The largest absolute Gasteiger partial charge is 0.492 e. The van der Waals surface area contributed by atoms with Crippen LogP contribution < -0.4 is 15.6 Å². The number of hydrogen-bond acceptors (Lipinski definition) is 4. The van der Waals surface area contributed by atoms with Gasteiger partial charge in [-0.2, -0.15) is 17.7 Å². The number of aromatic nitrogens is 3. The average Bonchev–Trinajstić information content (AvgIpc) is 3.15. The van der Waals surface area contributed by atoms with Crippen LogP contribution in [0.2, 0.25) is 0 Å². The summed E-state index contributed by atoms with van der Waals surface area (Å²) in [5.74, 6) is -1.99. The van der Waals surface area contributed by atoms with Crippen LogP contribution >= 0.6 is 0 Å². The van der Waals surface area contributed by atoms with Crippen LogP contribution in [0.1, 0.15) is 21.7 Å². The van der Waals surface area contributed by atoms with Crippen molar-refractivity contribution in [2.45, 2.75) is 13.1 Å². The average molecular weight is 460 g/mol. The van der Waals surface area contributed by atoms with Crippen LogP contribution in [0.3, 0.4) is 0 Å². The molecule has 11 heteroatoms. The highest BCUT2D eigenvalue weighted by molar-refractivity contribution is 6.05. The predicted octanol–water partition coefficient (Wildman–Crippen LogP) is 4.42. The van der Waals surface area contributed by atoms with Crippen molar-refractivity contribution in [2.75, 3.05) is 12.4 Å². The van der Waals surface area contributed by atoms with E-state index in [1.807, 2.05) is 5.10 Å². The molecule has 7 nitrogen and oxygen atoms in total. The number of aryl methyl sites for hydroxylation is 1. The lowest BCUT2D eigenvalue weighted by atomic mass is 10.1. The van der Waals surface area contributed by atoms with E-state index in [4.69, 9.17) is 4.74 Å². The predicted molar refractivity (Wildman–Crippen MR) is 112 cm³/mol. The maximum absolute atomic E-state index is 13.9. The maximum atomic E-state index is 13.9. The summed E-state index contributed by atoms with van der Waals surface area (Å²) in [6.45, 7) is 1.33. The topological polar surface area (TPSA) is 88.5 Å². The molecule has 0 atom stereocenters. The Balaban J connectivity index is 1.90. The van der Waals surface area contributed by atoms with Gasteiger partial charge in [-0.05, 0) is 24.6 Å². The van der Waals surface area contributed by atoms with Gasteiger partial charge in [-0.15, -0.1) is 0 Å². The number of ether oxygens (including phenoxy) is 1. The molecule has 0 saturated heterocycles. The number of nitrogens with zero attached hydrogens (tertiary/aromatic N) is 2. The van der Waals surface area contributed by atoms with Crippen molar-refractivity contribution in [2.24, 2.45) is 0 Å². The third kappa shape index (κ3) is 3.81. The molecule has 0 spiro atoms. The minimum Gasteiger partial charge on any atom is -0.492 e. The van der Waals surface area contributed by atoms with Gasteiger partial charge in [0.25, 0.3) is 11.5 Å². The van der Waals surface area contributed by atoms with E-state index in [0.29, 0.717) is 4.52 Å². The molecule has 0 radical (unpaired) electrons. The Labute approximate surface area is 183 Å². The van der Waals surface area contributed by atoms with Crippen molar-refractivity contribution in [3.05, 3.63) is 81.7 Å². The van der Waals surface area contributed by atoms with Crippen molar-refractivity contribution in [3.8, 4) is 16.9 Å². The van der Waals surface area contributed by atoms with Gasteiger partial charge in [0.2, 0.25) is 0 Å². The fraction of sp³-hybridized carbons (Fsp3) is 0.136. The van der Waals surface area contributed by atoms with Crippen LogP contribution in [0, 0.1) is 12.7 Å². The van der Waals surface area contributed by atoms with E-state index < -0.39 is 34.7 Å². The molecule has 170 valence electrons. The standard InChI is InChI=1S/C22H16F4N4O3/c1-11-15(20(31)28-14-10-6-9-13(23)17(14)33-2)21(32)30-19(27-11)16(12-7-4-3-5-8-12)18(29-30)22(24,25)26/h3-10,29H,1-2H3,(H,28,31). The number of anilines is 1. The zero-order valence-electron chi connectivity index (χ0n) is 17.2. The molecule has 0 aliphatic heterocycles. The van der Waals surface area contributed by atoms with E-state index in [2.05, 4.69) is 10.3 Å². The Morgan fingerprint density at radius 2 is 1.82 bits per heavy atom. The molecule has 1 amide bonds. The Kier molecular flexibility index (Phi) is 5.40. The first kappa shape index (κ1) is 22.1. The molecule has 0 bridgehead atoms. The number of nitrogens with one attached hydrogen (secondary N) is 2. The number of H-pyrrole nitrogens is 1. The number of carbonyl (C=O) groups excluding carboxylic acids is 1. The zero-order valence-corrected chi connectivity index (χ0v) is 17.2. The van der Waals surface area contributed by atoms with Gasteiger partial charge in [0, 0.05) is 0 Å². The summed E-state index contributed by atoms with van der Waals surface area (Å²) in [5, 5.41) is 4.40. The second-order valence-corrected chi connectivity index (χ2v) is 7.04. The van der Waals surface area contributed by atoms with Gasteiger partial charge in [0.15, 0.2) is 17.2 Å². The third-order valence-electron chi connectivity index (χ3n) is 4.95. The monoisotopic (exact) mass is 460 g/mol. The van der Waals surface area contributed by atoms with Gasteiger partial charge in [-0.3, -0.25) is 14.7 Å². The highest BCUT2D eigenvalue weighted by atomic mass is 19.4. The van der Waals surface area contributed by atoms with Crippen molar-refractivity contribution >= 4 is 17.2 Å². The molecule has 2 N–H and O–H groups in total. The van der Waals surface area contributed by atoms with Crippen LogP contribution in [0.15, 0.2) is 53.3 Å². The molecule has 2 aromatic carbocycles. The number of rotatable bonds is 4. The highest BCUT2D eigenvalue weighted by Gasteiger charge is 2.38. The van der Waals surface area contributed by atoms with Gasteiger partial charge >= 0.3 is 6.18 Å². The second-order valence-electron chi connectivity index (χ2n) is 7.04. The molecular formula is C22H16F4N4O3. The number of para-hydroxylation sites is 1. The number of halogens is 4. The lowest BCUT2D eigenvalue weighted by molar-refractivity contribution is -0.140. The van der Waals surface area contributed by atoms with Crippen LogP contribution in [0.5, 0.6) is 5.75 Å². The van der Waals surface area contributed by atoms with E-state index in [1.54, 1.807) is 18.2 Å². The van der Waals surface area contributed by atoms with Crippen LogP contribution in [-0.4, -0.2) is 27.6 Å². The number of hydrogen-bond donors (Lipinski definition) is 2. The summed E-state index contributed by atoms with van der Waals surface area (Å²) in [6, 6.07) is 11.4. The van der Waals surface area contributed by atoms with Crippen LogP contribution in [-0.2, 0) is 6.18 Å². The number of amides is 1. The SMILES string of the molecule is COc1c(F)cccc1NC(=O)c1c(C)nc2c(-c3ccccc3)c(C(F)(F)F)[nH]n2c1=O. The lowest BCUT2D eigenvalue weighted by Gasteiger charge is -2.11. The summed E-state index contributed by atoms with van der Waals surface area (Å²) in [6.07, 6.45) is -4.82. The normalized spacial score (nSPS) is 11.6. The molecule has 4 rings (SSSR count). The molecule has 0 fully saturated rings. The second kappa shape index (κ2) is 8.08. The van der Waals surface area contributed by atoms with Crippen molar-refractivity contribution < 1.29 is 27.1 Å². The maximum Gasteiger partial charge on any atom is 0.433 e. The molecule has 0 aliphatic rings. The fourth-order valence-corrected chi connectivity index (χ4v) is 3.52. The Hall–Kier alpha value is -4.15.